The minimum absolute atomic E-state index is 0.314. The van der Waals surface area contributed by atoms with E-state index in [1.165, 1.54) is 17.6 Å². The van der Waals surface area contributed by atoms with E-state index in [0.717, 1.165) is 27.2 Å². The molecule has 0 amide bonds. The Hall–Kier alpha value is -3.78. The third-order valence-corrected chi connectivity index (χ3v) is 5.56. The highest BCUT2D eigenvalue weighted by Crippen LogP contribution is 2.26. The molecule has 0 unspecified atom stereocenters. The smallest absolute Gasteiger partial charge is 0.235 e. The summed E-state index contributed by atoms with van der Waals surface area (Å²) in [7, 11) is 0. The van der Waals surface area contributed by atoms with Crippen molar-refractivity contribution in [3.05, 3.63) is 84.2 Å². The number of aryl methyl sites for hydroxylation is 1. The fourth-order valence-corrected chi connectivity index (χ4v) is 3.92. The summed E-state index contributed by atoms with van der Waals surface area (Å²) in [5, 5.41) is 5.00. The van der Waals surface area contributed by atoms with Crippen LogP contribution in [0.25, 0.3) is 32.7 Å². The number of pyridine rings is 3. The van der Waals surface area contributed by atoms with E-state index >= 15 is 0 Å². The molecule has 0 atom stereocenters. The van der Waals surface area contributed by atoms with E-state index < -0.39 is 0 Å². The Morgan fingerprint density at radius 1 is 0.968 bits per heavy atom. The van der Waals surface area contributed by atoms with Crippen molar-refractivity contribution in [1.29, 1.82) is 0 Å². The monoisotopic (exact) mass is 428 g/mol. The highest BCUT2D eigenvalue weighted by atomic mass is 32.1. The molecule has 4 heterocycles. The van der Waals surface area contributed by atoms with Crippen LogP contribution in [0.4, 0.5) is 10.3 Å². The van der Waals surface area contributed by atoms with Crippen LogP contribution in [-0.4, -0.2) is 24.3 Å². The van der Waals surface area contributed by atoms with Gasteiger partial charge in [-0.1, -0.05) is 6.07 Å². The van der Waals surface area contributed by atoms with Crippen molar-refractivity contribution in [1.82, 2.24) is 24.3 Å². The van der Waals surface area contributed by atoms with Crippen LogP contribution in [0.2, 0.25) is 0 Å². The molecule has 6 nitrogen and oxygen atoms in total. The number of benzene rings is 1. The molecule has 8 heteroatoms. The number of rotatable bonds is 5. The number of aromatic nitrogens is 5. The summed E-state index contributed by atoms with van der Waals surface area (Å²) < 4.78 is 19.0. The standard InChI is InChI=1S/C23H17FN6S/c1-14-9-17(6-8-25-14)21-19(24)10-15(12-27-21)13-28-23-29-22(31-30-23)18-4-5-20-16(11-18)3-2-7-26-20/h2-12H,13H2,1H3,(H,28,30). The first-order valence-electron chi connectivity index (χ1n) is 9.66. The van der Waals surface area contributed by atoms with E-state index in [1.54, 1.807) is 24.7 Å². The highest BCUT2D eigenvalue weighted by Gasteiger charge is 2.11. The van der Waals surface area contributed by atoms with Gasteiger partial charge in [0.15, 0.2) is 0 Å². The molecule has 0 saturated carbocycles. The van der Waals surface area contributed by atoms with Crippen LogP contribution >= 0.6 is 11.5 Å². The second-order valence-electron chi connectivity index (χ2n) is 7.05. The average molecular weight is 428 g/mol. The van der Waals surface area contributed by atoms with Crippen molar-refractivity contribution in [3.8, 4) is 21.8 Å². The number of hydrogen-bond donors (Lipinski definition) is 1. The second kappa shape index (κ2) is 8.16. The number of fused-ring (bicyclic) bond motifs is 1. The fourth-order valence-electron chi connectivity index (χ4n) is 3.28. The van der Waals surface area contributed by atoms with Gasteiger partial charge in [0.25, 0.3) is 0 Å². The Kier molecular flexibility index (Phi) is 5.05. The quantitative estimate of drug-likeness (QED) is 0.411. The number of anilines is 1. The van der Waals surface area contributed by atoms with Crippen LogP contribution in [0, 0.1) is 12.7 Å². The number of hydrogen-bond acceptors (Lipinski definition) is 7. The second-order valence-corrected chi connectivity index (χ2v) is 7.80. The van der Waals surface area contributed by atoms with Crippen LogP contribution in [-0.2, 0) is 6.54 Å². The molecule has 0 aliphatic carbocycles. The first-order chi connectivity index (χ1) is 15.2. The molecule has 1 aromatic carbocycles. The molecule has 4 aromatic heterocycles. The summed E-state index contributed by atoms with van der Waals surface area (Å²) >= 11 is 1.31. The van der Waals surface area contributed by atoms with Crippen LogP contribution in [0.3, 0.4) is 0 Å². The summed E-state index contributed by atoms with van der Waals surface area (Å²) in [6.45, 7) is 2.24. The molecule has 0 radical (unpaired) electrons. The Balaban J connectivity index is 1.30. The van der Waals surface area contributed by atoms with Crippen molar-refractivity contribution in [2.24, 2.45) is 0 Å². The molecule has 5 rings (SSSR count). The molecular formula is C23H17FN6S. The summed E-state index contributed by atoms with van der Waals surface area (Å²) in [4.78, 5) is 17.3. The van der Waals surface area contributed by atoms with Gasteiger partial charge in [-0.15, -0.1) is 0 Å². The van der Waals surface area contributed by atoms with Crippen molar-refractivity contribution >= 4 is 28.4 Å². The van der Waals surface area contributed by atoms with Gasteiger partial charge in [-0.25, -0.2) is 4.39 Å². The zero-order valence-electron chi connectivity index (χ0n) is 16.6. The van der Waals surface area contributed by atoms with Crippen molar-refractivity contribution in [2.45, 2.75) is 13.5 Å². The molecule has 0 saturated heterocycles. The van der Waals surface area contributed by atoms with E-state index in [-0.39, 0.29) is 5.82 Å². The van der Waals surface area contributed by atoms with Gasteiger partial charge in [0, 0.05) is 47.3 Å². The lowest BCUT2D eigenvalue weighted by Crippen LogP contribution is -2.03. The minimum Gasteiger partial charge on any atom is -0.349 e. The van der Waals surface area contributed by atoms with Crippen molar-refractivity contribution < 1.29 is 4.39 Å². The zero-order chi connectivity index (χ0) is 21.2. The lowest BCUT2D eigenvalue weighted by atomic mass is 10.1. The zero-order valence-corrected chi connectivity index (χ0v) is 17.4. The molecular weight excluding hydrogens is 411 g/mol. The molecule has 0 aliphatic heterocycles. The van der Waals surface area contributed by atoms with Crippen LogP contribution < -0.4 is 5.32 Å². The van der Waals surface area contributed by atoms with Gasteiger partial charge in [-0.2, -0.15) is 9.36 Å². The third-order valence-electron chi connectivity index (χ3n) is 4.79. The molecule has 0 spiro atoms. The van der Waals surface area contributed by atoms with E-state index in [1.807, 2.05) is 43.3 Å². The predicted molar refractivity (Wildman–Crippen MR) is 120 cm³/mol. The Morgan fingerprint density at radius 2 is 1.90 bits per heavy atom. The lowest BCUT2D eigenvalue weighted by molar-refractivity contribution is 0.623. The van der Waals surface area contributed by atoms with Crippen molar-refractivity contribution in [3.63, 3.8) is 0 Å². The van der Waals surface area contributed by atoms with E-state index in [0.29, 0.717) is 29.3 Å². The van der Waals surface area contributed by atoms with Gasteiger partial charge in [0.2, 0.25) is 5.95 Å². The van der Waals surface area contributed by atoms with Gasteiger partial charge < -0.3 is 5.32 Å². The van der Waals surface area contributed by atoms with E-state index in [9.17, 15) is 4.39 Å². The molecule has 0 aliphatic rings. The lowest BCUT2D eigenvalue weighted by Gasteiger charge is -2.06. The third kappa shape index (κ3) is 4.10. The summed E-state index contributed by atoms with van der Waals surface area (Å²) in [5.74, 6) is 0.127. The van der Waals surface area contributed by atoms with Gasteiger partial charge >= 0.3 is 0 Å². The topological polar surface area (TPSA) is 76.5 Å². The van der Waals surface area contributed by atoms with Crippen LogP contribution in [0.15, 0.2) is 67.1 Å². The van der Waals surface area contributed by atoms with Gasteiger partial charge in [-0.3, -0.25) is 15.0 Å². The first kappa shape index (κ1) is 19.2. The molecule has 0 bridgehead atoms. The fraction of sp³-hybridized carbons (Fsp3) is 0.0870. The Morgan fingerprint density at radius 3 is 2.77 bits per heavy atom. The largest absolute Gasteiger partial charge is 0.349 e. The summed E-state index contributed by atoms with van der Waals surface area (Å²) in [5.41, 5.74) is 4.47. The maximum atomic E-state index is 14.6. The Bertz CT molecular complexity index is 1380. The first-order valence-corrected chi connectivity index (χ1v) is 10.4. The Labute approximate surface area is 182 Å². The molecule has 31 heavy (non-hydrogen) atoms. The number of nitrogens with zero attached hydrogens (tertiary/aromatic N) is 5. The summed E-state index contributed by atoms with van der Waals surface area (Å²) in [6.07, 6.45) is 5.08. The molecule has 0 fully saturated rings. The number of halogens is 1. The molecule has 152 valence electrons. The number of nitrogens with one attached hydrogen (secondary N) is 1. The van der Waals surface area contributed by atoms with Gasteiger partial charge in [0.05, 0.1) is 5.52 Å². The van der Waals surface area contributed by atoms with Gasteiger partial charge in [0.1, 0.15) is 16.5 Å². The van der Waals surface area contributed by atoms with Gasteiger partial charge in [-0.05, 0) is 66.5 Å². The van der Waals surface area contributed by atoms with E-state index in [2.05, 4.69) is 29.6 Å². The normalized spacial score (nSPS) is 11.0. The SMILES string of the molecule is Cc1cc(-c2ncc(CNc3nsc(-c4ccc5ncccc5c4)n3)cc2F)ccn1. The highest BCUT2D eigenvalue weighted by molar-refractivity contribution is 7.09. The maximum Gasteiger partial charge on any atom is 0.235 e. The average Bonchev–Trinajstić information content (AvgIpc) is 3.26. The predicted octanol–water partition coefficient (Wildman–Crippen LogP) is 5.27. The molecule has 1 N–H and O–H groups in total. The summed E-state index contributed by atoms with van der Waals surface area (Å²) in [6, 6.07) is 15.0. The van der Waals surface area contributed by atoms with Crippen LogP contribution in [0.5, 0.6) is 0 Å². The molecule has 5 aromatic rings. The minimum atomic E-state index is -0.374. The van der Waals surface area contributed by atoms with Crippen LogP contribution in [0.1, 0.15) is 11.3 Å². The van der Waals surface area contributed by atoms with Crippen molar-refractivity contribution in [2.75, 3.05) is 5.32 Å². The van der Waals surface area contributed by atoms with E-state index in [4.69, 9.17) is 0 Å². The maximum absolute atomic E-state index is 14.6.